The second kappa shape index (κ2) is 7.66. The molecule has 0 amide bonds. The van der Waals surface area contributed by atoms with Crippen LogP contribution in [0.3, 0.4) is 0 Å². The third kappa shape index (κ3) is 4.97. The molecule has 0 unspecified atom stereocenters. The highest BCUT2D eigenvalue weighted by Crippen LogP contribution is 2.20. The highest BCUT2D eigenvalue weighted by molar-refractivity contribution is 5.70. The number of carboxylic acids is 1. The summed E-state index contributed by atoms with van der Waals surface area (Å²) in [5, 5.41) is 9.13. The molecule has 0 aromatic carbocycles. The van der Waals surface area contributed by atoms with Gasteiger partial charge in [0.1, 0.15) is 0 Å². The zero-order chi connectivity index (χ0) is 11.8. The molecule has 0 spiro atoms. The van der Waals surface area contributed by atoms with Gasteiger partial charge in [-0.1, -0.05) is 51.4 Å². The zero-order valence-corrected chi connectivity index (χ0v) is 10.2. The van der Waals surface area contributed by atoms with E-state index in [-0.39, 0.29) is 12.0 Å². The topological polar surface area (TPSA) is 63.3 Å². The van der Waals surface area contributed by atoms with Gasteiger partial charge in [0.25, 0.3) is 0 Å². The van der Waals surface area contributed by atoms with Crippen molar-refractivity contribution in [3.8, 4) is 0 Å². The molecule has 1 rings (SSSR count). The fraction of sp³-hybridized carbons (Fsp3) is 0.923. The number of hydrogen-bond donors (Lipinski definition) is 2. The predicted molar refractivity (Wildman–Crippen MR) is 65.3 cm³/mol. The minimum atomic E-state index is -0.704. The maximum atomic E-state index is 11.1. The Morgan fingerprint density at radius 1 is 0.875 bits per heavy atom. The molecule has 0 saturated heterocycles. The van der Waals surface area contributed by atoms with Crippen LogP contribution in [0.5, 0.6) is 0 Å². The summed E-state index contributed by atoms with van der Waals surface area (Å²) in [6, 6.07) is -0.142. The smallest absolute Gasteiger partial charge is 0.308 e. The second-order valence-corrected chi connectivity index (χ2v) is 5.01. The second-order valence-electron chi connectivity index (χ2n) is 5.01. The van der Waals surface area contributed by atoms with Crippen LogP contribution in [0.15, 0.2) is 0 Å². The van der Waals surface area contributed by atoms with E-state index in [2.05, 4.69) is 0 Å². The number of rotatable bonds is 1. The summed E-state index contributed by atoms with van der Waals surface area (Å²) in [6.07, 6.45) is 11.3. The predicted octanol–water partition coefficient (Wildman–Crippen LogP) is 2.93. The molecule has 1 aliphatic rings. The van der Waals surface area contributed by atoms with Crippen LogP contribution in [-0.4, -0.2) is 17.1 Å². The van der Waals surface area contributed by atoms with E-state index in [0.29, 0.717) is 0 Å². The zero-order valence-electron chi connectivity index (χ0n) is 10.2. The third-order valence-electron chi connectivity index (χ3n) is 3.64. The van der Waals surface area contributed by atoms with Gasteiger partial charge in [-0.25, -0.2) is 0 Å². The Morgan fingerprint density at radius 3 is 1.81 bits per heavy atom. The van der Waals surface area contributed by atoms with Crippen molar-refractivity contribution in [2.24, 2.45) is 11.7 Å². The van der Waals surface area contributed by atoms with Crippen molar-refractivity contribution < 1.29 is 9.90 Å². The fourth-order valence-corrected chi connectivity index (χ4v) is 2.53. The SMILES string of the molecule is N[C@H]1CCCCCCCCCC[C@H]1C(=O)O. The lowest BCUT2D eigenvalue weighted by Crippen LogP contribution is -2.35. The molecule has 16 heavy (non-hydrogen) atoms. The largest absolute Gasteiger partial charge is 0.481 e. The van der Waals surface area contributed by atoms with Crippen molar-refractivity contribution >= 4 is 5.97 Å². The van der Waals surface area contributed by atoms with E-state index in [1.165, 1.54) is 32.1 Å². The van der Waals surface area contributed by atoms with Crippen LogP contribution >= 0.6 is 0 Å². The van der Waals surface area contributed by atoms with Gasteiger partial charge < -0.3 is 10.8 Å². The molecule has 0 aromatic heterocycles. The van der Waals surface area contributed by atoms with Crippen LogP contribution in [0.4, 0.5) is 0 Å². The Hall–Kier alpha value is -0.570. The van der Waals surface area contributed by atoms with E-state index in [1.807, 2.05) is 0 Å². The van der Waals surface area contributed by atoms with Crippen LogP contribution in [0.25, 0.3) is 0 Å². The molecule has 2 atom stereocenters. The van der Waals surface area contributed by atoms with Crippen molar-refractivity contribution in [3.63, 3.8) is 0 Å². The minimum Gasteiger partial charge on any atom is -0.481 e. The van der Waals surface area contributed by atoms with Crippen molar-refractivity contribution in [2.75, 3.05) is 0 Å². The molecule has 1 saturated carbocycles. The third-order valence-corrected chi connectivity index (χ3v) is 3.64. The molecule has 0 aliphatic heterocycles. The van der Waals surface area contributed by atoms with E-state index in [9.17, 15) is 4.79 Å². The molecule has 1 aliphatic carbocycles. The van der Waals surface area contributed by atoms with E-state index < -0.39 is 5.97 Å². The summed E-state index contributed by atoms with van der Waals surface area (Å²) in [6.45, 7) is 0. The Labute approximate surface area is 98.4 Å². The standard InChI is InChI=1S/C13H25NO2/c14-12-10-8-6-4-2-1-3-5-7-9-11(12)13(15)16/h11-12H,1-10,14H2,(H,15,16)/t11-,12+/m1/s1. The number of carbonyl (C=O) groups is 1. The quantitative estimate of drug-likeness (QED) is 0.724. The Bertz CT molecular complexity index is 206. The molecule has 1 fully saturated rings. The lowest BCUT2D eigenvalue weighted by atomic mass is 9.89. The number of carboxylic acid groups (broad SMARTS) is 1. The van der Waals surface area contributed by atoms with Crippen LogP contribution in [-0.2, 0) is 4.79 Å². The minimum absolute atomic E-state index is 0.142. The molecular weight excluding hydrogens is 202 g/mol. The Morgan fingerprint density at radius 2 is 1.31 bits per heavy atom. The van der Waals surface area contributed by atoms with Crippen molar-refractivity contribution in [1.29, 1.82) is 0 Å². The van der Waals surface area contributed by atoms with Crippen LogP contribution in [0, 0.1) is 5.92 Å². The van der Waals surface area contributed by atoms with Gasteiger partial charge in [-0.15, -0.1) is 0 Å². The van der Waals surface area contributed by atoms with Gasteiger partial charge in [-0.05, 0) is 12.8 Å². The van der Waals surface area contributed by atoms with Gasteiger partial charge in [0.15, 0.2) is 0 Å². The monoisotopic (exact) mass is 227 g/mol. The van der Waals surface area contributed by atoms with Crippen molar-refractivity contribution in [1.82, 2.24) is 0 Å². The molecule has 3 N–H and O–H groups in total. The van der Waals surface area contributed by atoms with Crippen molar-refractivity contribution in [3.05, 3.63) is 0 Å². The summed E-state index contributed by atoms with van der Waals surface area (Å²) in [5.41, 5.74) is 5.98. The maximum Gasteiger partial charge on any atom is 0.308 e. The number of nitrogens with two attached hydrogens (primary N) is 1. The van der Waals surface area contributed by atoms with Crippen LogP contribution in [0.2, 0.25) is 0 Å². The fourth-order valence-electron chi connectivity index (χ4n) is 2.53. The summed E-state index contributed by atoms with van der Waals surface area (Å²) < 4.78 is 0. The van der Waals surface area contributed by atoms with Gasteiger partial charge in [0, 0.05) is 6.04 Å². The molecular formula is C13H25NO2. The Kier molecular flexibility index (Phi) is 6.46. The lowest BCUT2D eigenvalue weighted by molar-refractivity contribution is -0.142. The molecule has 94 valence electrons. The number of hydrogen-bond acceptors (Lipinski definition) is 2. The van der Waals surface area contributed by atoms with E-state index >= 15 is 0 Å². The van der Waals surface area contributed by atoms with Gasteiger partial charge in [0.05, 0.1) is 5.92 Å². The summed E-state index contributed by atoms with van der Waals surface area (Å²) >= 11 is 0. The van der Waals surface area contributed by atoms with E-state index in [4.69, 9.17) is 10.8 Å². The number of aliphatic carboxylic acids is 1. The van der Waals surface area contributed by atoms with Crippen molar-refractivity contribution in [2.45, 2.75) is 70.3 Å². The van der Waals surface area contributed by atoms with Crippen LogP contribution in [0.1, 0.15) is 64.2 Å². The molecule has 3 nitrogen and oxygen atoms in total. The average Bonchev–Trinajstić information content (AvgIpc) is 2.22. The van der Waals surface area contributed by atoms with E-state index in [1.54, 1.807) is 0 Å². The lowest BCUT2D eigenvalue weighted by Gasteiger charge is -2.20. The highest BCUT2D eigenvalue weighted by atomic mass is 16.4. The van der Waals surface area contributed by atoms with Gasteiger partial charge in [-0.2, -0.15) is 0 Å². The summed E-state index contributed by atoms with van der Waals surface area (Å²) in [5.74, 6) is -1.02. The molecule has 0 bridgehead atoms. The van der Waals surface area contributed by atoms with Gasteiger partial charge in [-0.3, -0.25) is 4.79 Å². The molecule has 0 heterocycles. The summed E-state index contributed by atoms with van der Waals surface area (Å²) in [4.78, 5) is 11.1. The summed E-state index contributed by atoms with van der Waals surface area (Å²) in [7, 11) is 0. The molecule has 0 radical (unpaired) electrons. The first-order chi connectivity index (χ1) is 7.72. The highest BCUT2D eigenvalue weighted by Gasteiger charge is 2.24. The Balaban J connectivity index is 2.43. The normalized spacial score (nSPS) is 30.1. The average molecular weight is 227 g/mol. The van der Waals surface area contributed by atoms with Gasteiger partial charge in [0.2, 0.25) is 0 Å². The molecule has 0 aromatic rings. The van der Waals surface area contributed by atoms with Crippen LogP contribution < -0.4 is 5.73 Å². The molecule has 3 heteroatoms. The van der Waals surface area contributed by atoms with E-state index in [0.717, 1.165) is 32.1 Å². The first-order valence-electron chi connectivity index (χ1n) is 6.70. The first-order valence-corrected chi connectivity index (χ1v) is 6.70. The van der Waals surface area contributed by atoms with Gasteiger partial charge >= 0.3 is 5.97 Å². The first kappa shape index (κ1) is 13.5. The maximum absolute atomic E-state index is 11.1.